The summed E-state index contributed by atoms with van der Waals surface area (Å²) >= 11 is 1.51. The molecular weight excluding hydrogens is 544 g/mol. The maximum Gasteiger partial charge on any atom is 0.294 e. The van der Waals surface area contributed by atoms with Gasteiger partial charge in [0.25, 0.3) is 11.5 Å². The number of hydrogen-bond acceptors (Lipinski definition) is 10. The van der Waals surface area contributed by atoms with Gasteiger partial charge in [-0.25, -0.2) is 9.97 Å². The van der Waals surface area contributed by atoms with Crippen LogP contribution in [0.1, 0.15) is 53.1 Å². The molecule has 0 aromatic carbocycles. The van der Waals surface area contributed by atoms with Gasteiger partial charge in [-0.15, -0.1) is 11.3 Å². The van der Waals surface area contributed by atoms with Crippen molar-refractivity contribution in [1.82, 2.24) is 30.0 Å². The van der Waals surface area contributed by atoms with Crippen LogP contribution in [0.5, 0.6) is 0 Å². The number of thiophene rings is 1. The molecule has 4 N–H and O–H groups in total. The number of rotatable bonds is 6. The predicted octanol–water partition coefficient (Wildman–Crippen LogP) is 3.58. The van der Waals surface area contributed by atoms with E-state index in [0.717, 1.165) is 20.5 Å². The van der Waals surface area contributed by atoms with Gasteiger partial charge in [0.15, 0.2) is 0 Å². The first kappa shape index (κ1) is 26.3. The smallest absolute Gasteiger partial charge is 0.294 e. The number of nitrogen functional groups attached to an aromatic ring is 1. The van der Waals surface area contributed by atoms with Crippen LogP contribution < -0.4 is 21.9 Å². The third-order valence-electron chi connectivity index (χ3n) is 7.06. The third kappa shape index (κ3) is 4.84. The molecule has 0 radical (unpaired) electrons. The summed E-state index contributed by atoms with van der Waals surface area (Å²) < 4.78 is 7.57. The standard InChI is InChI=1S/C28H26N8O4S/c1-14-5-4-6-30-23(14)17-8-20(40-35-17)25(38)34-18-13-33-27-28(2,3)10-19(36(27)26(18)39)24(37)32-12-16-7-15-11-31-22(29)9-21(15)41-16/h4-9,11,13,19H,10,12H2,1-3H3,(H2,29,31)(H,32,37)(H,34,38)/t19-/m0/s1. The molecule has 0 fully saturated rings. The summed E-state index contributed by atoms with van der Waals surface area (Å²) in [7, 11) is 0. The van der Waals surface area contributed by atoms with Crippen LogP contribution in [0, 0.1) is 6.92 Å². The average Bonchev–Trinajstić information content (AvgIpc) is 3.65. The largest absolute Gasteiger partial charge is 0.384 e. The number of hydrogen-bond donors (Lipinski definition) is 3. The number of aryl methyl sites for hydroxylation is 1. The lowest BCUT2D eigenvalue weighted by Gasteiger charge is -2.16. The summed E-state index contributed by atoms with van der Waals surface area (Å²) in [6.45, 7) is 6.01. The van der Waals surface area contributed by atoms with E-state index in [1.54, 1.807) is 24.5 Å². The van der Waals surface area contributed by atoms with Crippen LogP contribution in [0.15, 0.2) is 58.2 Å². The van der Waals surface area contributed by atoms with Crippen molar-refractivity contribution < 1.29 is 14.1 Å². The summed E-state index contributed by atoms with van der Waals surface area (Å²) in [5, 5.41) is 10.4. The van der Waals surface area contributed by atoms with Gasteiger partial charge in [-0.05, 0) is 37.1 Å². The highest BCUT2D eigenvalue weighted by atomic mass is 32.1. The summed E-state index contributed by atoms with van der Waals surface area (Å²) in [5.74, 6) is -0.178. The van der Waals surface area contributed by atoms with Crippen molar-refractivity contribution in [3.8, 4) is 11.4 Å². The van der Waals surface area contributed by atoms with Crippen molar-refractivity contribution >= 4 is 44.7 Å². The van der Waals surface area contributed by atoms with Gasteiger partial charge < -0.3 is 20.9 Å². The molecule has 0 aliphatic carbocycles. The Morgan fingerprint density at radius 2 is 2.02 bits per heavy atom. The zero-order valence-electron chi connectivity index (χ0n) is 22.5. The lowest BCUT2D eigenvalue weighted by atomic mass is 9.89. The van der Waals surface area contributed by atoms with Gasteiger partial charge in [0.05, 0.1) is 18.4 Å². The highest BCUT2D eigenvalue weighted by Gasteiger charge is 2.43. The lowest BCUT2D eigenvalue weighted by molar-refractivity contribution is -0.124. The summed E-state index contributed by atoms with van der Waals surface area (Å²) in [5.41, 5.74) is 6.49. The Labute approximate surface area is 237 Å². The molecule has 0 saturated heterocycles. The molecule has 1 aliphatic heterocycles. The van der Waals surface area contributed by atoms with E-state index in [4.69, 9.17) is 10.3 Å². The Hall–Kier alpha value is -4.91. The van der Waals surface area contributed by atoms with E-state index >= 15 is 0 Å². The van der Waals surface area contributed by atoms with Crippen molar-refractivity contribution in [3.05, 3.63) is 81.3 Å². The number of aromatic nitrogens is 5. The van der Waals surface area contributed by atoms with Crippen LogP contribution in [-0.4, -0.2) is 36.5 Å². The van der Waals surface area contributed by atoms with Crippen molar-refractivity contribution in [1.29, 1.82) is 0 Å². The van der Waals surface area contributed by atoms with E-state index in [1.807, 2.05) is 32.9 Å². The Kier molecular flexibility index (Phi) is 6.37. The molecule has 6 rings (SSSR count). The molecule has 0 spiro atoms. The first-order valence-corrected chi connectivity index (χ1v) is 13.7. The molecule has 0 saturated carbocycles. The highest BCUT2D eigenvalue weighted by Crippen LogP contribution is 2.39. The number of carbonyl (C=O) groups excluding carboxylic acids is 2. The molecule has 1 atom stereocenters. The van der Waals surface area contributed by atoms with Gasteiger partial charge in [0.2, 0.25) is 11.7 Å². The van der Waals surface area contributed by atoms with Crippen LogP contribution in [-0.2, 0) is 16.8 Å². The number of anilines is 2. The summed E-state index contributed by atoms with van der Waals surface area (Å²) in [6, 6.07) is 8.08. The number of amides is 2. The number of carbonyl (C=O) groups is 2. The summed E-state index contributed by atoms with van der Waals surface area (Å²) in [4.78, 5) is 53.7. The lowest BCUT2D eigenvalue weighted by Crippen LogP contribution is -2.36. The molecule has 208 valence electrons. The van der Waals surface area contributed by atoms with E-state index in [2.05, 4.69) is 30.7 Å². The highest BCUT2D eigenvalue weighted by molar-refractivity contribution is 7.19. The maximum atomic E-state index is 13.6. The molecule has 6 heterocycles. The van der Waals surface area contributed by atoms with Crippen LogP contribution in [0.2, 0.25) is 0 Å². The fourth-order valence-corrected chi connectivity index (χ4v) is 6.06. The average molecular weight is 571 g/mol. The van der Waals surface area contributed by atoms with Crippen molar-refractivity contribution in [2.24, 2.45) is 0 Å². The van der Waals surface area contributed by atoms with Crippen molar-refractivity contribution in [2.45, 2.75) is 45.2 Å². The van der Waals surface area contributed by atoms with E-state index in [0.29, 0.717) is 29.5 Å². The molecule has 0 unspecified atom stereocenters. The van der Waals surface area contributed by atoms with E-state index in [9.17, 15) is 14.4 Å². The van der Waals surface area contributed by atoms with Gasteiger partial charge in [-0.1, -0.05) is 25.1 Å². The van der Waals surface area contributed by atoms with Crippen LogP contribution in [0.3, 0.4) is 0 Å². The molecular formula is C28H26N8O4S. The van der Waals surface area contributed by atoms with Crippen molar-refractivity contribution in [2.75, 3.05) is 11.1 Å². The van der Waals surface area contributed by atoms with Gasteiger partial charge in [0, 0.05) is 38.8 Å². The minimum atomic E-state index is -0.799. The van der Waals surface area contributed by atoms with Crippen LogP contribution >= 0.6 is 11.3 Å². The second-order valence-corrected chi connectivity index (χ2v) is 11.7. The SMILES string of the molecule is Cc1cccnc1-c1cc(C(=O)Nc2cnc3n(c2=O)[C@H](C(=O)NCc2cc4cnc(N)cc4s2)CC3(C)C)on1. The minimum absolute atomic E-state index is 0.0733. The Balaban J connectivity index is 1.22. The Morgan fingerprint density at radius 1 is 1.20 bits per heavy atom. The predicted molar refractivity (Wildman–Crippen MR) is 153 cm³/mol. The molecule has 1 aliphatic rings. The second kappa shape index (κ2) is 9.93. The topological polar surface area (TPSA) is 171 Å². The Morgan fingerprint density at radius 3 is 2.83 bits per heavy atom. The molecule has 2 amide bonds. The first-order valence-electron chi connectivity index (χ1n) is 12.8. The number of nitrogens with one attached hydrogen (secondary N) is 2. The number of nitrogens with zero attached hydrogens (tertiary/aromatic N) is 5. The maximum absolute atomic E-state index is 13.6. The van der Waals surface area contributed by atoms with Gasteiger partial charge in [0.1, 0.15) is 29.1 Å². The quantitative estimate of drug-likeness (QED) is 0.276. The monoisotopic (exact) mass is 570 g/mol. The molecule has 0 bridgehead atoms. The van der Waals surface area contributed by atoms with E-state index in [1.165, 1.54) is 28.2 Å². The zero-order chi connectivity index (χ0) is 28.9. The van der Waals surface area contributed by atoms with Crippen LogP contribution in [0.4, 0.5) is 11.5 Å². The normalized spacial score (nSPS) is 15.5. The fourth-order valence-electron chi connectivity index (χ4n) is 5.03. The molecule has 13 heteroatoms. The first-order chi connectivity index (χ1) is 19.6. The van der Waals surface area contributed by atoms with Gasteiger partial charge in [-0.2, -0.15) is 0 Å². The van der Waals surface area contributed by atoms with E-state index < -0.39 is 22.9 Å². The number of nitrogens with two attached hydrogens (primary N) is 1. The fraction of sp³-hybridized carbons (Fsp3) is 0.250. The number of pyridine rings is 2. The third-order valence-corrected chi connectivity index (χ3v) is 8.16. The van der Waals surface area contributed by atoms with Crippen molar-refractivity contribution in [3.63, 3.8) is 0 Å². The molecule has 5 aromatic rings. The molecule has 5 aromatic heterocycles. The minimum Gasteiger partial charge on any atom is -0.384 e. The number of fused-ring (bicyclic) bond motifs is 2. The van der Waals surface area contributed by atoms with Gasteiger partial charge >= 0.3 is 0 Å². The zero-order valence-corrected chi connectivity index (χ0v) is 23.3. The van der Waals surface area contributed by atoms with E-state index in [-0.39, 0.29) is 23.9 Å². The summed E-state index contributed by atoms with van der Waals surface area (Å²) in [6.07, 6.45) is 5.01. The van der Waals surface area contributed by atoms with Crippen LogP contribution in [0.25, 0.3) is 21.5 Å². The second-order valence-electron chi connectivity index (χ2n) is 10.6. The Bertz CT molecular complexity index is 1890. The van der Waals surface area contributed by atoms with Gasteiger partial charge in [-0.3, -0.25) is 23.9 Å². The molecule has 41 heavy (non-hydrogen) atoms. The molecule has 12 nitrogen and oxygen atoms in total.